The fourth-order valence-electron chi connectivity index (χ4n) is 3.74. The van der Waals surface area contributed by atoms with Crippen LogP contribution in [0.4, 0.5) is 0 Å². The molecule has 0 spiro atoms. The molecule has 1 unspecified atom stereocenters. The zero-order valence-electron chi connectivity index (χ0n) is 19.6. The van der Waals surface area contributed by atoms with Gasteiger partial charge >= 0.3 is 5.69 Å². The largest absolute Gasteiger partial charge is 0.349 e. The molecule has 7 heteroatoms. The lowest BCUT2D eigenvalue weighted by atomic mass is 10.0. The van der Waals surface area contributed by atoms with Crippen LogP contribution in [-0.4, -0.2) is 44.6 Å². The van der Waals surface area contributed by atoms with Crippen LogP contribution in [0.15, 0.2) is 52.1 Å². The van der Waals surface area contributed by atoms with E-state index in [0.717, 1.165) is 23.1 Å². The van der Waals surface area contributed by atoms with Crippen LogP contribution < -0.4 is 11.2 Å². The highest BCUT2D eigenvalue weighted by Gasteiger charge is 2.22. The molecule has 7 nitrogen and oxygen atoms in total. The highest BCUT2D eigenvalue weighted by Crippen LogP contribution is 2.25. The fourth-order valence-corrected chi connectivity index (χ4v) is 3.74. The second-order valence-corrected chi connectivity index (χ2v) is 8.00. The summed E-state index contributed by atoms with van der Waals surface area (Å²) in [6.07, 6.45) is 0.824. The van der Waals surface area contributed by atoms with E-state index in [-0.39, 0.29) is 11.7 Å². The number of aryl methyl sites for hydroxylation is 2. The number of likely N-dealkylation sites (N-methyl/N-ethyl adjacent to an activating group) is 1. The Balaban J connectivity index is 0.00000141. The Labute approximate surface area is 188 Å². The number of hydrogen-bond donors (Lipinski definition) is 1. The smallest absolute Gasteiger partial charge is 0.321 e. The lowest BCUT2D eigenvalue weighted by molar-refractivity contribution is 0.264. The number of aromatic amines is 1. The zero-order valence-corrected chi connectivity index (χ0v) is 19.6. The van der Waals surface area contributed by atoms with Gasteiger partial charge in [-0.05, 0) is 63.2 Å². The van der Waals surface area contributed by atoms with Gasteiger partial charge in [0.1, 0.15) is 0 Å². The van der Waals surface area contributed by atoms with E-state index in [9.17, 15) is 9.59 Å². The van der Waals surface area contributed by atoms with Crippen molar-refractivity contribution in [3.63, 3.8) is 0 Å². The van der Waals surface area contributed by atoms with Gasteiger partial charge in [0.05, 0.1) is 11.0 Å². The quantitative estimate of drug-likeness (QED) is 0.488. The van der Waals surface area contributed by atoms with Crippen LogP contribution >= 0.6 is 0 Å². The van der Waals surface area contributed by atoms with Crippen molar-refractivity contribution >= 4 is 11.0 Å². The molecule has 0 aliphatic carbocycles. The van der Waals surface area contributed by atoms with Crippen LogP contribution in [0.5, 0.6) is 0 Å². The monoisotopic (exact) mass is 433 g/mol. The van der Waals surface area contributed by atoms with Gasteiger partial charge in [0.15, 0.2) is 11.5 Å². The average molecular weight is 434 g/mol. The van der Waals surface area contributed by atoms with E-state index in [2.05, 4.69) is 38.1 Å². The minimum atomic E-state index is -0.657. The minimum Gasteiger partial charge on any atom is -0.321 e. The Bertz CT molecular complexity index is 1290. The van der Waals surface area contributed by atoms with E-state index in [4.69, 9.17) is 0 Å². The molecule has 0 fully saturated rings. The maximum atomic E-state index is 12.5. The third-order valence-corrected chi connectivity index (χ3v) is 5.66. The van der Waals surface area contributed by atoms with E-state index in [1.165, 1.54) is 5.56 Å². The van der Waals surface area contributed by atoms with Gasteiger partial charge in [-0.15, -0.1) is 0 Å². The summed E-state index contributed by atoms with van der Waals surface area (Å²) >= 11 is 0. The molecule has 2 aromatic rings. The molecular weight excluding hydrogens is 402 g/mol. The molecule has 2 heterocycles. The molecule has 168 valence electrons. The van der Waals surface area contributed by atoms with Crippen LogP contribution in [-0.2, 0) is 13.0 Å². The molecule has 0 saturated heterocycles. The SMILES string of the molecule is CC.Cc1cc2nc3c(=O)[nH]c(=O)nc-3n(CC(Cc3ccccc3)N(C)C)c2cc1C. The van der Waals surface area contributed by atoms with E-state index in [1.807, 2.05) is 70.6 Å². The van der Waals surface area contributed by atoms with E-state index in [1.54, 1.807) is 0 Å². The van der Waals surface area contributed by atoms with Crippen LogP contribution in [0.3, 0.4) is 0 Å². The topological polar surface area (TPSA) is 83.9 Å². The third-order valence-electron chi connectivity index (χ3n) is 5.66. The number of rotatable bonds is 5. The Kier molecular flexibility index (Phi) is 7.20. The summed E-state index contributed by atoms with van der Waals surface area (Å²) < 4.78 is 1.97. The van der Waals surface area contributed by atoms with Gasteiger partial charge in [0.2, 0.25) is 0 Å². The third kappa shape index (κ3) is 4.78. The Morgan fingerprint density at radius 1 is 1.00 bits per heavy atom. The van der Waals surface area contributed by atoms with E-state index < -0.39 is 11.2 Å². The van der Waals surface area contributed by atoms with Crippen LogP contribution in [0, 0.1) is 13.8 Å². The molecule has 0 aromatic heterocycles. The highest BCUT2D eigenvalue weighted by atomic mass is 16.2. The molecular formula is C25H31N5O2. The van der Waals surface area contributed by atoms with E-state index >= 15 is 0 Å². The first kappa shape index (κ1) is 23.3. The van der Waals surface area contributed by atoms with Crippen molar-refractivity contribution in [2.24, 2.45) is 0 Å². The van der Waals surface area contributed by atoms with Gasteiger partial charge in [0.25, 0.3) is 5.56 Å². The van der Waals surface area contributed by atoms with Crippen molar-refractivity contribution in [3.8, 4) is 11.5 Å². The molecule has 0 amide bonds. The lowest BCUT2D eigenvalue weighted by Gasteiger charge is -2.28. The van der Waals surface area contributed by atoms with Crippen molar-refractivity contribution in [1.29, 1.82) is 0 Å². The summed E-state index contributed by atoms with van der Waals surface area (Å²) in [5.41, 5.74) is 4.04. The fraction of sp³-hybridized carbons (Fsp3) is 0.360. The minimum absolute atomic E-state index is 0.129. The maximum Gasteiger partial charge on any atom is 0.349 e. The predicted molar refractivity (Wildman–Crippen MR) is 129 cm³/mol. The molecule has 2 aliphatic heterocycles. The average Bonchev–Trinajstić information content (AvgIpc) is 2.77. The second-order valence-electron chi connectivity index (χ2n) is 8.00. The number of nitrogens with zero attached hydrogens (tertiary/aromatic N) is 4. The molecule has 1 N–H and O–H groups in total. The van der Waals surface area contributed by atoms with Crippen molar-refractivity contribution in [2.45, 2.75) is 46.7 Å². The molecule has 2 aromatic carbocycles. The molecule has 1 atom stereocenters. The van der Waals surface area contributed by atoms with Gasteiger partial charge in [-0.3, -0.25) is 9.78 Å². The lowest BCUT2D eigenvalue weighted by Crippen LogP contribution is -2.36. The number of hydrogen-bond acceptors (Lipinski definition) is 5. The highest BCUT2D eigenvalue weighted by molar-refractivity contribution is 5.81. The molecule has 0 radical (unpaired) electrons. The Hall–Kier alpha value is -3.32. The summed E-state index contributed by atoms with van der Waals surface area (Å²) in [7, 11) is 4.07. The summed E-state index contributed by atoms with van der Waals surface area (Å²) in [5, 5.41) is 0. The second kappa shape index (κ2) is 9.87. The summed E-state index contributed by atoms with van der Waals surface area (Å²) in [6.45, 7) is 8.63. The standard InChI is InChI=1S/C23H25N5O2.C2H6/c1-14-10-18-19(11-15(14)2)28(21-20(24-18)22(29)26-23(30)25-21)13-17(27(3)4)12-16-8-6-5-7-9-16;1-2/h5-11,17H,12-13H2,1-4H3,(H,26,29,30);1-2H3. The number of fused-ring (bicyclic) bond motifs is 2. The normalized spacial score (nSPS) is 12.1. The summed E-state index contributed by atoms with van der Waals surface area (Å²) in [6, 6.07) is 14.4. The van der Waals surface area contributed by atoms with Gasteiger partial charge in [-0.25, -0.2) is 9.78 Å². The van der Waals surface area contributed by atoms with Crippen molar-refractivity contribution < 1.29 is 0 Å². The van der Waals surface area contributed by atoms with Crippen molar-refractivity contribution in [1.82, 2.24) is 24.4 Å². The molecule has 2 aliphatic rings. The molecule has 4 rings (SSSR count). The van der Waals surface area contributed by atoms with Crippen LogP contribution in [0.1, 0.15) is 30.5 Å². The number of nitrogens with one attached hydrogen (secondary N) is 1. The Morgan fingerprint density at radius 3 is 2.31 bits per heavy atom. The Morgan fingerprint density at radius 2 is 1.66 bits per heavy atom. The molecule has 0 bridgehead atoms. The van der Waals surface area contributed by atoms with Crippen LogP contribution in [0.25, 0.3) is 22.6 Å². The van der Waals surface area contributed by atoms with Gasteiger partial charge in [-0.2, -0.15) is 4.98 Å². The maximum absolute atomic E-state index is 12.5. The number of aromatic nitrogens is 4. The predicted octanol–water partition coefficient (Wildman–Crippen LogP) is 3.40. The van der Waals surface area contributed by atoms with E-state index in [0.29, 0.717) is 17.9 Å². The summed E-state index contributed by atoms with van der Waals surface area (Å²) in [4.78, 5) is 37.5. The molecule has 32 heavy (non-hydrogen) atoms. The first-order valence-corrected chi connectivity index (χ1v) is 11.0. The number of H-pyrrole nitrogens is 1. The first-order chi connectivity index (χ1) is 15.3. The van der Waals surface area contributed by atoms with Gasteiger partial charge < -0.3 is 9.47 Å². The van der Waals surface area contributed by atoms with Crippen molar-refractivity contribution in [2.75, 3.05) is 14.1 Å². The first-order valence-electron chi connectivity index (χ1n) is 11.0. The van der Waals surface area contributed by atoms with Gasteiger partial charge in [0, 0.05) is 12.6 Å². The van der Waals surface area contributed by atoms with Crippen molar-refractivity contribution in [3.05, 3.63) is 80.0 Å². The summed E-state index contributed by atoms with van der Waals surface area (Å²) in [5.74, 6) is 0.319. The zero-order chi connectivity index (χ0) is 23.4. The van der Waals surface area contributed by atoms with Gasteiger partial charge in [-0.1, -0.05) is 44.2 Å². The molecule has 0 saturated carbocycles. The van der Waals surface area contributed by atoms with Crippen LogP contribution in [0.2, 0.25) is 0 Å². The number of benzene rings is 2.